The number of aryl methyl sites for hydroxylation is 2. The van der Waals surface area contributed by atoms with Gasteiger partial charge in [-0.1, -0.05) is 24.3 Å². The maximum atomic E-state index is 13.1. The van der Waals surface area contributed by atoms with E-state index < -0.39 is 10.0 Å². The van der Waals surface area contributed by atoms with Gasteiger partial charge >= 0.3 is 0 Å². The molecular weight excluding hydrogens is 400 g/mol. The molecule has 0 aliphatic carbocycles. The van der Waals surface area contributed by atoms with Crippen LogP contribution in [-0.2, 0) is 21.4 Å². The number of carbonyl (C=O) groups excluding carboxylic acids is 1. The minimum atomic E-state index is -3.54. The number of methoxy groups -OCH3 is 1. The molecule has 0 atom stereocenters. The quantitative estimate of drug-likeness (QED) is 0.705. The van der Waals surface area contributed by atoms with Crippen LogP contribution in [0.5, 0.6) is 5.75 Å². The summed E-state index contributed by atoms with van der Waals surface area (Å²) in [6.07, 6.45) is 1.08. The Kier molecular flexibility index (Phi) is 6.83. The molecule has 7 heteroatoms. The zero-order valence-corrected chi connectivity index (χ0v) is 18.9. The van der Waals surface area contributed by atoms with Crippen molar-refractivity contribution >= 4 is 15.9 Å². The Balaban J connectivity index is 1.61. The summed E-state index contributed by atoms with van der Waals surface area (Å²) in [6.45, 7) is 4.95. The maximum Gasteiger partial charge on any atom is 0.243 e. The Morgan fingerprint density at radius 3 is 2.33 bits per heavy atom. The molecule has 1 aliphatic heterocycles. The number of benzene rings is 2. The summed E-state index contributed by atoms with van der Waals surface area (Å²) in [6, 6.07) is 13.1. The fourth-order valence-electron chi connectivity index (χ4n) is 3.86. The van der Waals surface area contributed by atoms with Crippen LogP contribution in [0.2, 0.25) is 0 Å². The number of nitrogens with zero attached hydrogens (tertiary/aromatic N) is 2. The Morgan fingerprint density at radius 2 is 1.73 bits per heavy atom. The molecule has 0 N–H and O–H groups in total. The lowest BCUT2D eigenvalue weighted by Gasteiger charge is -2.33. The van der Waals surface area contributed by atoms with Gasteiger partial charge in [0.25, 0.3) is 0 Å². The van der Waals surface area contributed by atoms with Crippen LogP contribution in [0.25, 0.3) is 0 Å². The van der Waals surface area contributed by atoms with E-state index in [0.29, 0.717) is 37.4 Å². The van der Waals surface area contributed by atoms with Gasteiger partial charge in [-0.25, -0.2) is 8.42 Å². The van der Waals surface area contributed by atoms with Crippen molar-refractivity contribution in [2.75, 3.05) is 27.2 Å². The van der Waals surface area contributed by atoms with Crippen LogP contribution in [0.3, 0.4) is 0 Å². The molecule has 0 unspecified atom stereocenters. The lowest BCUT2D eigenvalue weighted by Crippen LogP contribution is -2.43. The van der Waals surface area contributed by atoms with Gasteiger partial charge in [0.2, 0.25) is 15.9 Å². The standard InChI is InChI=1S/C23H30N2O4S/c1-17-5-6-18(2)22(15-17)30(27,28)25-13-11-20(12-14-25)23(26)24(3)16-19-7-9-21(29-4)10-8-19/h5-10,15,20H,11-14,16H2,1-4H3. The van der Waals surface area contributed by atoms with Crippen LogP contribution >= 0.6 is 0 Å². The number of hydrogen-bond acceptors (Lipinski definition) is 4. The molecular formula is C23H30N2O4S. The molecule has 1 amide bonds. The van der Waals surface area contributed by atoms with E-state index in [0.717, 1.165) is 22.4 Å². The first-order valence-corrected chi connectivity index (χ1v) is 11.6. The number of sulfonamides is 1. The summed E-state index contributed by atoms with van der Waals surface area (Å²) in [5, 5.41) is 0. The van der Waals surface area contributed by atoms with Crippen LogP contribution in [0.15, 0.2) is 47.4 Å². The Morgan fingerprint density at radius 1 is 1.10 bits per heavy atom. The second-order valence-corrected chi connectivity index (χ2v) is 9.90. The molecule has 162 valence electrons. The first-order valence-electron chi connectivity index (χ1n) is 10.2. The average molecular weight is 431 g/mol. The molecule has 3 rings (SSSR count). The summed E-state index contributed by atoms with van der Waals surface area (Å²) in [7, 11) is -0.123. The molecule has 6 nitrogen and oxygen atoms in total. The number of carbonyl (C=O) groups is 1. The van der Waals surface area contributed by atoms with Crippen LogP contribution < -0.4 is 4.74 Å². The average Bonchev–Trinajstić information content (AvgIpc) is 2.75. The number of amides is 1. The molecule has 0 saturated carbocycles. The van der Waals surface area contributed by atoms with Crippen LogP contribution in [0, 0.1) is 19.8 Å². The fraction of sp³-hybridized carbons (Fsp3) is 0.435. The lowest BCUT2D eigenvalue weighted by atomic mass is 9.96. The second-order valence-electron chi connectivity index (χ2n) is 7.99. The molecule has 0 spiro atoms. The summed E-state index contributed by atoms with van der Waals surface area (Å²) < 4.78 is 32.9. The van der Waals surface area contributed by atoms with Gasteiger partial charge in [-0.2, -0.15) is 4.31 Å². The molecule has 1 aliphatic rings. The Hall–Kier alpha value is -2.38. The summed E-state index contributed by atoms with van der Waals surface area (Å²) in [5.41, 5.74) is 2.70. The Bertz CT molecular complexity index is 994. The molecule has 1 saturated heterocycles. The van der Waals surface area contributed by atoms with Gasteiger partial charge in [0.15, 0.2) is 0 Å². The van der Waals surface area contributed by atoms with Crippen molar-refractivity contribution in [1.82, 2.24) is 9.21 Å². The molecule has 1 fully saturated rings. The topological polar surface area (TPSA) is 66.9 Å². The zero-order chi connectivity index (χ0) is 21.9. The van der Waals surface area contributed by atoms with E-state index in [9.17, 15) is 13.2 Å². The smallest absolute Gasteiger partial charge is 0.243 e. The van der Waals surface area contributed by atoms with Crippen molar-refractivity contribution in [3.8, 4) is 5.75 Å². The first kappa shape index (κ1) is 22.3. The van der Waals surface area contributed by atoms with E-state index in [1.165, 1.54) is 4.31 Å². The van der Waals surface area contributed by atoms with E-state index in [1.54, 1.807) is 25.1 Å². The predicted molar refractivity (Wildman–Crippen MR) is 117 cm³/mol. The van der Waals surface area contributed by atoms with Crippen molar-refractivity contribution in [2.45, 2.75) is 38.1 Å². The van der Waals surface area contributed by atoms with Gasteiger partial charge in [-0.05, 0) is 61.6 Å². The SMILES string of the molecule is COc1ccc(CN(C)C(=O)C2CCN(S(=O)(=O)c3cc(C)ccc3C)CC2)cc1. The normalized spacial score (nSPS) is 15.7. The van der Waals surface area contributed by atoms with Crippen LogP contribution in [-0.4, -0.2) is 50.8 Å². The molecule has 1 heterocycles. The minimum Gasteiger partial charge on any atom is -0.497 e. The van der Waals surface area contributed by atoms with E-state index in [-0.39, 0.29) is 11.8 Å². The highest BCUT2D eigenvalue weighted by atomic mass is 32.2. The number of rotatable bonds is 6. The van der Waals surface area contributed by atoms with Crippen molar-refractivity contribution in [1.29, 1.82) is 0 Å². The molecule has 0 aromatic heterocycles. The monoisotopic (exact) mass is 430 g/mol. The van der Waals surface area contributed by atoms with Gasteiger partial charge in [-0.3, -0.25) is 4.79 Å². The van der Waals surface area contributed by atoms with Crippen molar-refractivity contribution in [3.63, 3.8) is 0 Å². The van der Waals surface area contributed by atoms with Gasteiger partial charge in [0.1, 0.15) is 5.75 Å². The van der Waals surface area contributed by atoms with Crippen LogP contribution in [0.4, 0.5) is 0 Å². The van der Waals surface area contributed by atoms with E-state index in [4.69, 9.17) is 4.74 Å². The van der Waals surface area contributed by atoms with Crippen molar-refractivity contribution in [3.05, 3.63) is 59.2 Å². The maximum absolute atomic E-state index is 13.1. The summed E-state index contributed by atoms with van der Waals surface area (Å²) in [5.74, 6) is 0.693. The van der Waals surface area contributed by atoms with E-state index in [2.05, 4.69) is 0 Å². The number of piperidine rings is 1. The first-order chi connectivity index (χ1) is 14.2. The van der Waals surface area contributed by atoms with Crippen LogP contribution in [0.1, 0.15) is 29.5 Å². The molecule has 2 aromatic carbocycles. The summed E-state index contributed by atoms with van der Waals surface area (Å²) in [4.78, 5) is 15.0. The van der Waals surface area contributed by atoms with Gasteiger partial charge in [-0.15, -0.1) is 0 Å². The third-order valence-electron chi connectivity index (χ3n) is 5.72. The minimum absolute atomic E-state index is 0.0644. The van der Waals surface area contributed by atoms with Crippen molar-refractivity contribution in [2.24, 2.45) is 5.92 Å². The third kappa shape index (κ3) is 4.84. The highest BCUT2D eigenvalue weighted by Crippen LogP contribution is 2.27. The number of hydrogen-bond donors (Lipinski definition) is 0. The van der Waals surface area contributed by atoms with Crippen molar-refractivity contribution < 1.29 is 17.9 Å². The Labute approximate surface area is 179 Å². The van der Waals surface area contributed by atoms with Gasteiger partial charge in [0, 0.05) is 32.6 Å². The molecule has 2 aromatic rings. The third-order valence-corrected chi connectivity index (χ3v) is 7.76. The predicted octanol–water partition coefficient (Wildman–Crippen LogP) is 3.37. The lowest BCUT2D eigenvalue weighted by molar-refractivity contribution is -0.135. The van der Waals surface area contributed by atoms with E-state index in [1.807, 2.05) is 50.2 Å². The summed E-state index contributed by atoms with van der Waals surface area (Å²) >= 11 is 0. The van der Waals surface area contributed by atoms with Gasteiger partial charge < -0.3 is 9.64 Å². The highest BCUT2D eigenvalue weighted by Gasteiger charge is 2.33. The zero-order valence-electron chi connectivity index (χ0n) is 18.1. The largest absolute Gasteiger partial charge is 0.497 e. The fourth-order valence-corrected chi connectivity index (χ4v) is 5.64. The van der Waals surface area contributed by atoms with Gasteiger partial charge in [0.05, 0.1) is 12.0 Å². The molecule has 0 bridgehead atoms. The second kappa shape index (κ2) is 9.18. The molecule has 30 heavy (non-hydrogen) atoms. The highest BCUT2D eigenvalue weighted by molar-refractivity contribution is 7.89. The van der Waals surface area contributed by atoms with E-state index >= 15 is 0 Å². The number of ether oxygens (including phenoxy) is 1. The molecule has 0 radical (unpaired) electrons.